The fraction of sp³-hybridized carbons (Fsp3) is 0.261. The van der Waals surface area contributed by atoms with Crippen LogP contribution in [0.4, 0.5) is 5.69 Å². The summed E-state index contributed by atoms with van der Waals surface area (Å²) in [5.41, 5.74) is 1.95. The largest absolute Gasteiger partial charge is 0.483 e. The Kier molecular flexibility index (Phi) is 8.14. The number of benzene rings is 2. The molecule has 1 heterocycles. The molecular formula is C23H25ClN4O2S. The van der Waals surface area contributed by atoms with Gasteiger partial charge in [0.05, 0.1) is 5.75 Å². The Morgan fingerprint density at radius 2 is 1.94 bits per heavy atom. The number of anilines is 1. The number of aromatic nitrogens is 3. The topological polar surface area (TPSA) is 69.0 Å². The van der Waals surface area contributed by atoms with Crippen LogP contribution in [0.1, 0.15) is 31.3 Å². The molecule has 2 aromatic carbocycles. The highest BCUT2D eigenvalue weighted by Crippen LogP contribution is 2.25. The first-order chi connectivity index (χ1) is 15.0. The summed E-state index contributed by atoms with van der Waals surface area (Å²) in [6.07, 6.45) is 2.44. The fourth-order valence-corrected chi connectivity index (χ4v) is 3.81. The summed E-state index contributed by atoms with van der Waals surface area (Å²) in [4.78, 5) is 12.3. The van der Waals surface area contributed by atoms with Gasteiger partial charge in [-0.25, -0.2) is 0 Å². The van der Waals surface area contributed by atoms with Crippen molar-refractivity contribution in [2.45, 2.75) is 38.1 Å². The van der Waals surface area contributed by atoms with Gasteiger partial charge in [0, 0.05) is 17.3 Å². The Bertz CT molecular complexity index is 1020. The lowest BCUT2D eigenvalue weighted by Gasteiger charge is -2.16. The second kappa shape index (κ2) is 11.0. The Morgan fingerprint density at radius 3 is 2.58 bits per heavy atom. The molecule has 31 heavy (non-hydrogen) atoms. The van der Waals surface area contributed by atoms with Gasteiger partial charge in [-0.15, -0.1) is 16.8 Å². The van der Waals surface area contributed by atoms with Gasteiger partial charge in [-0.1, -0.05) is 48.5 Å². The summed E-state index contributed by atoms with van der Waals surface area (Å²) in [7, 11) is 0. The van der Waals surface area contributed by atoms with Crippen LogP contribution >= 0.6 is 23.4 Å². The van der Waals surface area contributed by atoms with Crippen molar-refractivity contribution in [3.05, 3.63) is 77.6 Å². The molecule has 0 fully saturated rings. The van der Waals surface area contributed by atoms with Crippen molar-refractivity contribution in [3.63, 3.8) is 0 Å². The third-order valence-corrected chi connectivity index (χ3v) is 5.74. The zero-order valence-electron chi connectivity index (χ0n) is 17.5. The van der Waals surface area contributed by atoms with Gasteiger partial charge in [-0.05, 0) is 55.3 Å². The first kappa shape index (κ1) is 22.9. The van der Waals surface area contributed by atoms with E-state index in [0.717, 1.165) is 12.2 Å². The number of allylic oxidation sites excluding steroid dienone is 1. The number of nitrogens with zero attached hydrogens (tertiary/aromatic N) is 3. The van der Waals surface area contributed by atoms with Gasteiger partial charge in [0.1, 0.15) is 5.75 Å². The first-order valence-corrected chi connectivity index (χ1v) is 11.3. The summed E-state index contributed by atoms with van der Waals surface area (Å²) in [6.45, 7) is 8.39. The van der Waals surface area contributed by atoms with Crippen LogP contribution < -0.4 is 10.1 Å². The van der Waals surface area contributed by atoms with E-state index in [0.29, 0.717) is 28.2 Å². The second-order valence-corrected chi connectivity index (χ2v) is 8.22. The third-order valence-electron chi connectivity index (χ3n) is 4.53. The number of rotatable bonds is 10. The van der Waals surface area contributed by atoms with E-state index in [2.05, 4.69) is 41.1 Å². The predicted molar refractivity (Wildman–Crippen MR) is 126 cm³/mol. The molecule has 1 N–H and O–H groups in total. The molecule has 3 rings (SSSR count). The molecule has 1 unspecified atom stereocenters. The smallest absolute Gasteiger partial charge is 0.234 e. The number of thioether (sulfide) groups is 1. The fourth-order valence-electron chi connectivity index (χ4n) is 2.93. The maximum absolute atomic E-state index is 12.3. The minimum Gasteiger partial charge on any atom is -0.483 e. The van der Waals surface area contributed by atoms with E-state index >= 15 is 0 Å². The molecule has 0 aliphatic heterocycles. The molecule has 8 heteroatoms. The molecule has 162 valence electrons. The zero-order chi connectivity index (χ0) is 22.2. The highest BCUT2D eigenvalue weighted by atomic mass is 35.5. The van der Waals surface area contributed by atoms with E-state index in [9.17, 15) is 4.79 Å². The molecule has 6 nitrogen and oxygen atoms in total. The summed E-state index contributed by atoms with van der Waals surface area (Å²) in [6, 6.07) is 15.0. The quantitative estimate of drug-likeness (QED) is 0.320. The monoisotopic (exact) mass is 456 g/mol. The normalized spacial score (nSPS) is 11.7. The third kappa shape index (κ3) is 6.35. The number of ether oxygens (including phenoxy) is 1. The number of aryl methyl sites for hydroxylation is 1. The van der Waals surface area contributed by atoms with Crippen molar-refractivity contribution in [1.82, 2.24) is 14.8 Å². The lowest BCUT2D eigenvalue weighted by Crippen LogP contribution is -2.15. The van der Waals surface area contributed by atoms with Gasteiger partial charge in [0.25, 0.3) is 0 Å². The van der Waals surface area contributed by atoms with Crippen molar-refractivity contribution in [1.29, 1.82) is 0 Å². The molecule has 0 saturated carbocycles. The molecule has 1 aromatic heterocycles. The first-order valence-electron chi connectivity index (χ1n) is 9.98. The Hall–Kier alpha value is -2.77. The molecule has 3 aromatic rings. The van der Waals surface area contributed by atoms with Crippen LogP contribution in [0.3, 0.4) is 0 Å². The zero-order valence-corrected chi connectivity index (χ0v) is 19.1. The molecule has 0 aliphatic carbocycles. The van der Waals surface area contributed by atoms with Crippen molar-refractivity contribution < 1.29 is 9.53 Å². The van der Waals surface area contributed by atoms with Crippen molar-refractivity contribution in [2.75, 3.05) is 11.1 Å². The Balaban J connectivity index is 1.65. The summed E-state index contributed by atoms with van der Waals surface area (Å²) in [5.74, 6) is 1.52. The minimum atomic E-state index is -0.308. The van der Waals surface area contributed by atoms with Crippen molar-refractivity contribution >= 4 is 35.0 Å². The molecule has 0 bridgehead atoms. The van der Waals surface area contributed by atoms with Crippen LogP contribution in [-0.4, -0.2) is 26.4 Å². The number of carbonyl (C=O) groups excluding carboxylic acids is 1. The number of carbonyl (C=O) groups is 1. The molecule has 0 aliphatic rings. The number of amides is 1. The van der Waals surface area contributed by atoms with E-state index in [1.54, 1.807) is 30.3 Å². The molecule has 0 radical (unpaired) electrons. The van der Waals surface area contributed by atoms with Crippen LogP contribution in [0.2, 0.25) is 5.02 Å². The van der Waals surface area contributed by atoms with Crippen LogP contribution in [0, 0.1) is 0 Å². The summed E-state index contributed by atoms with van der Waals surface area (Å²) < 4.78 is 7.97. The standard InChI is InChI=1S/C23H25ClN4O2S/c1-4-14-28-22(16(3)30-20-12-6-17(5-2)7-13-20)26-27-23(28)31-15-21(29)25-19-10-8-18(24)9-11-19/h4,6-13,16H,1,5,14-15H2,2-3H3,(H,25,29). The van der Waals surface area contributed by atoms with Gasteiger partial charge in [0.2, 0.25) is 5.91 Å². The van der Waals surface area contributed by atoms with Crippen LogP contribution in [0.5, 0.6) is 5.75 Å². The van der Waals surface area contributed by atoms with Crippen LogP contribution in [-0.2, 0) is 17.8 Å². The summed E-state index contributed by atoms with van der Waals surface area (Å²) >= 11 is 7.19. The predicted octanol–water partition coefficient (Wildman–Crippen LogP) is 5.55. The Labute approximate surface area is 191 Å². The molecule has 0 saturated heterocycles. The number of hydrogen-bond donors (Lipinski definition) is 1. The van der Waals surface area contributed by atoms with Crippen LogP contribution in [0.15, 0.2) is 66.3 Å². The maximum atomic E-state index is 12.3. The average Bonchev–Trinajstić information content (AvgIpc) is 3.17. The Morgan fingerprint density at radius 1 is 1.23 bits per heavy atom. The van der Waals surface area contributed by atoms with Gasteiger partial charge in [-0.2, -0.15) is 0 Å². The van der Waals surface area contributed by atoms with Gasteiger partial charge < -0.3 is 10.1 Å². The van der Waals surface area contributed by atoms with Crippen molar-refractivity contribution in [2.24, 2.45) is 0 Å². The van der Waals surface area contributed by atoms with E-state index < -0.39 is 0 Å². The second-order valence-electron chi connectivity index (χ2n) is 6.84. The molecular weight excluding hydrogens is 432 g/mol. The SMILES string of the molecule is C=CCn1c(SCC(=O)Nc2ccc(Cl)cc2)nnc1C(C)Oc1ccc(CC)cc1. The molecule has 1 atom stereocenters. The maximum Gasteiger partial charge on any atom is 0.234 e. The highest BCUT2D eigenvalue weighted by Gasteiger charge is 2.20. The average molecular weight is 457 g/mol. The van der Waals surface area contributed by atoms with Gasteiger partial charge in [-0.3, -0.25) is 9.36 Å². The van der Waals surface area contributed by atoms with E-state index in [4.69, 9.17) is 16.3 Å². The van der Waals surface area contributed by atoms with Gasteiger partial charge >= 0.3 is 0 Å². The van der Waals surface area contributed by atoms with E-state index in [1.165, 1.54) is 17.3 Å². The minimum absolute atomic E-state index is 0.137. The van der Waals surface area contributed by atoms with E-state index in [-0.39, 0.29) is 17.8 Å². The molecule has 1 amide bonds. The number of nitrogens with one attached hydrogen (secondary N) is 1. The van der Waals surface area contributed by atoms with Crippen molar-refractivity contribution in [3.8, 4) is 5.75 Å². The molecule has 0 spiro atoms. The lowest BCUT2D eigenvalue weighted by molar-refractivity contribution is -0.113. The van der Waals surface area contributed by atoms with Crippen LogP contribution in [0.25, 0.3) is 0 Å². The summed E-state index contributed by atoms with van der Waals surface area (Å²) in [5, 5.41) is 12.7. The lowest BCUT2D eigenvalue weighted by atomic mass is 10.2. The number of hydrogen-bond acceptors (Lipinski definition) is 5. The number of halogens is 1. The van der Waals surface area contributed by atoms with Gasteiger partial charge in [0.15, 0.2) is 17.1 Å². The highest BCUT2D eigenvalue weighted by molar-refractivity contribution is 7.99. The van der Waals surface area contributed by atoms with E-state index in [1.807, 2.05) is 23.6 Å².